The van der Waals surface area contributed by atoms with E-state index in [0.717, 1.165) is 16.8 Å². The van der Waals surface area contributed by atoms with Gasteiger partial charge in [-0.15, -0.1) is 11.3 Å². The van der Waals surface area contributed by atoms with Crippen LogP contribution in [-0.2, 0) is 6.54 Å². The molecule has 0 radical (unpaired) electrons. The van der Waals surface area contributed by atoms with E-state index in [9.17, 15) is 4.79 Å². The minimum absolute atomic E-state index is 0.00972. The van der Waals surface area contributed by atoms with Gasteiger partial charge in [0, 0.05) is 0 Å². The first kappa shape index (κ1) is 10.3. The molecular weight excluding hydrogens is 236 g/mol. The first-order chi connectivity index (χ1) is 8.25. The number of aryl methyl sites for hydroxylation is 1. The normalized spacial score (nSPS) is 11.1. The second kappa shape index (κ2) is 3.85. The molecule has 0 aliphatic rings. The summed E-state index contributed by atoms with van der Waals surface area (Å²) in [6.07, 6.45) is 3.18. The molecule has 86 valence electrons. The molecule has 0 unspecified atom stereocenters. The van der Waals surface area contributed by atoms with Crippen LogP contribution in [0.2, 0.25) is 0 Å². The maximum absolute atomic E-state index is 12.2. The molecule has 0 fully saturated rings. The zero-order chi connectivity index (χ0) is 11.8. The Bertz CT molecular complexity index is 710. The molecule has 0 saturated heterocycles. The Balaban J connectivity index is 2.12. The van der Waals surface area contributed by atoms with E-state index in [2.05, 4.69) is 4.98 Å². The van der Waals surface area contributed by atoms with Crippen molar-refractivity contribution in [1.82, 2.24) is 9.55 Å². The Morgan fingerprint density at radius 3 is 3.18 bits per heavy atom. The molecule has 3 aromatic rings. The van der Waals surface area contributed by atoms with Crippen molar-refractivity contribution in [2.24, 2.45) is 0 Å². The molecule has 0 N–H and O–H groups in total. The molecule has 0 bridgehead atoms. The quantitative estimate of drug-likeness (QED) is 0.697. The molecule has 3 aromatic heterocycles. The second-order valence-electron chi connectivity index (χ2n) is 3.85. The van der Waals surface area contributed by atoms with E-state index in [0.29, 0.717) is 11.2 Å². The van der Waals surface area contributed by atoms with Gasteiger partial charge in [0.25, 0.3) is 5.56 Å². The van der Waals surface area contributed by atoms with Crippen LogP contribution in [0.1, 0.15) is 11.3 Å². The molecule has 0 atom stereocenters. The second-order valence-corrected chi connectivity index (χ2v) is 4.73. The fourth-order valence-corrected chi connectivity index (χ4v) is 2.69. The van der Waals surface area contributed by atoms with Crippen molar-refractivity contribution in [3.8, 4) is 0 Å². The number of nitrogens with zero attached hydrogens (tertiary/aromatic N) is 2. The molecular formula is C12H10N2O2S. The summed E-state index contributed by atoms with van der Waals surface area (Å²) >= 11 is 1.44. The van der Waals surface area contributed by atoms with Crippen LogP contribution in [0.4, 0.5) is 0 Å². The van der Waals surface area contributed by atoms with Crippen LogP contribution in [0, 0.1) is 6.92 Å². The van der Waals surface area contributed by atoms with Gasteiger partial charge in [-0.3, -0.25) is 9.36 Å². The van der Waals surface area contributed by atoms with Crippen LogP contribution in [0.5, 0.6) is 0 Å². The van der Waals surface area contributed by atoms with Gasteiger partial charge in [0.2, 0.25) is 0 Å². The summed E-state index contributed by atoms with van der Waals surface area (Å²) in [4.78, 5) is 16.5. The lowest BCUT2D eigenvalue weighted by molar-refractivity contribution is 0.489. The van der Waals surface area contributed by atoms with Crippen molar-refractivity contribution in [1.29, 1.82) is 0 Å². The van der Waals surface area contributed by atoms with Gasteiger partial charge < -0.3 is 4.42 Å². The van der Waals surface area contributed by atoms with Crippen molar-refractivity contribution < 1.29 is 4.42 Å². The molecule has 0 saturated carbocycles. The number of rotatable bonds is 2. The number of hydrogen-bond donors (Lipinski definition) is 0. The third-order valence-corrected chi connectivity index (χ3v) is 3.70. The fourth-order valence-electron chi connectivity index (χ4n) is 1.74. The minimum Gasteiger partial charge on any atom is -0.467 e. The summed E-state index contributed by atoms with van der Waals surface area (Å²) in [5.41, 5.74) is 1.84. The van der Waals surface area contributed by atoms with E-state index in [1.807, 2.05) is 24.4 Å². The van der Waals surface area contributed by atoms with Crippen molar-refractivity contribution in [2.75, 3.05) is 0 Å². The maximum atomic E-state index is 12.2. The lowest BCUT2D eigenvalue weighted by Crippen LogP contribution is -2.20. The zero-order valence-corrected chi connectivity index (χ0v) is 10.0. The molecule has 17 heavy (non-hydrogen) atoms. The summed E-state index contributed by atoms with van der Waals surface area (Å²) in [6.45, 7) is 2.38. The monoisotopic (exact) mass is 246 g/mol. The van der Waals surface area contributed by atoms with E-state index < -0.39 is 0 Å². The number of furan rings is 1. The van der Waals surface area contributed by atoms with E-state index in [1.54, 1.807) is 17.2 Å². The molecule has 0 aliphatic carbocycles. The van der Waals surface area contributed by atoms with Crippen molar-refractivity contribution in [2.45, 2.75) is 13.5 Å². The van der Waals surface area contributed by atoms with Crippen molar-refractivity contribution in [3.05, 3.63) is 51.8 Å². The van der Waals surface area contributed by atoms with E-state index in [1.165, 1.54) is 11.3 Å². The highest BCUT2D eigenvalue weighted by atomic mass is 32.1. The van der Waals surface area contributed by atoms with Gasteiger partial charge in [0.05, 0.1) is 24.7 Å². The first-order valence-electron chi connectivity index (χ1n) is 5.21. The standard InChI is InChI=1S/C12H10N2O2S/c1-8-6-17-11-10(8)13-7-14(12(11)15)5-9-3-2-4-16-9/h2-4,6-7H,5H2,1H3. The number of aromatic nitrogens is 2. The van der Waals surface area contributed by atoms with Gasteiger partial charge in [-0.25, -0.2) is 4.98 Å². The molecule has 4 nitrogen and oxygen atoms in total. The summed E-state index contributed by atoms with van der Waals surface area (Å²) in [5.74, 6) is 0.751. The highest BCUT2D eigenvalue weighted by Crippen LogP contribution is 2.19. The van der Waals surface area contributed by atoms with Crippen LogP contribution < -0.4 is 5.56 Å². The van der Waals surface area contributed by atoms with Gasteiger partial charge >= 0.3 is 0 Å². The van der Waals surface area contributed by atoms with E-state index in [4.69, 9.17) is 4.42 Å². The third kappa shape index (κ3) is 1.68. The topological polar surface area (TPSA) is 48.0 Å². The average molecular weight is 246 g/mol. The van der Waals surface area contributed by atoms with Gasteiger partial charge in [0.15, 0.2) is 0 Å². The summed E-state index contributed by atoms with van der Waals surface area (Å²) in [5, 5.41) is 1.95. The molecule has 3 rings (SSSR count). The highest BCUT2D eigenvalue weighted by Gasteiger charge is 2.09. The predicted molar refractivity (Wildman–Crippen MR) is 66.4 cm³/mol. The Kier molecular flexibility index (Phi) is 2.33. The SMILES string of the molecule is Cc1csc2c(=O)n(Cc3ccco3)cnc12. The maximum Gasteiger partial charge on any atom is 0.271 e. The minimum atomic E-state index is -0.00972. The third-order valence-electron chi connectivity index (χ3n) is 2.63. The molecule has 0 aromatic carbocycles. The van der Waals surface area contributed by atoms with Gasteiger partial charge in [-0.05, 0) is 30.0 Å². The molecule has 0 amide bonds. The Hall–Kier alpha value is -1.88. The summed E-state index contributed by atoms with van der Waals surface area (Å²) in [6, 6.07) is 3.65. The van der Waals surface area contributed by atoms with Gasteiger partial charge in [-0.1, -0.05) is 0 Å². The van der Waals surface area contributed by atoms with Crippen LogP contribution in [-0.4, -0.2) is 9.55 Å². The van der Waals surface area contributed by atoms with Crippen LogP contribution in [0.3, 0.4) is 0 Å². The highest BCUT2D eigenvalue weighted by molar-refractivity contribution is 7.17. The van der Waals surface area contributed by atoms with Crippen molar-refractivity contribution >= 4 is 21.6 Å². The van der Waals surface area contributed by atoms with Crippen LogP contribution in [0.15, 0.2) is 39.3 Å². The van der Waals surface area contributed by atoms with Crippen LogP contribution >= 0.6 is 11.3 Å². The summed E-state index contributed by atoms with van der Waals surface area (Å²) in [7, 11) is 0. The number of thiophene rings is 1. The summed E-state index contributed by atoms with van der Waals surface area (Å²) < 4.78 is 7.50. The Labute approximate surface area is 101 Å². The Morgan fingerprint density at radius 2 is 2.41 bits per heavy atom. The lowest BCUT2D eigenvalue weighted by Gasteiger charge is -2.02. The lowest BCUT2D eigenvalue weighted by atomic mass is 10.3. The molecule has 0 aliphatic heterocycles. The number of fused-ring (bicyclic) bond motifs is 1. The smallest absolute Gasteiger partial charge is 0.271 e. The predicted octanol–water partition coefficient (Wildman–Crippen LogP) is 2.41. The largest absolute Gasteiger partial charge is 0.467 e. The van der Waals surface area contributed by atoms with E-state index >= 15 is 0 Å². The average Bonchev–Trinajstić information content (AvgIpc) is 2.93. The van der Waals surface area contributed by atoms with Crippen molar-refractivity contribution in [3.63, 3.8) is 0 Å². The van der Waals surface area contributed by atoms with Crippen LogP contribution in [0.25, 0.3) is 10.2 Å². The molecule has 5 heteroatoms. The number of hydrogen-bond acceptors (Lipinski definition) is 4. The Morgan fingerprint density at radius 1 is 1.53 bits per heavy atom. The fraction of sp³-hybridized carbons (Fsp3) is 0.167. The van der Waals surface area contributed by atoms with E-state index in [-0.39, 0.29) is 5.56 Å². The molecule has 0 spiro atoms. The molecule has 3 heterocycles. The zero-order valence-electron chi connectivity index (χ0n) is 9.21. The first-order valence-corrected chi connectivity index (χ1v) is 6.09. The van der Waals surface area contributed by atoms with Gasteiger partial charge in [0.1, 0.15) is 10.5 Å². The van der Waals surface area contributed by atoms with Gasteiger partial charge in [-0.2, -0.15) is 0 Å².